The Labute approximate surface area is 211 Å². The van der Waals surface area contributed by atoms with Crippen molar-refractivity contribution >= 4 is 22.3 Å². The summed E-state index contributed by atoms with van der Waals surface area (Å²) in [7, 11) is 0. The lowest BCUT2D eigenvalue weighted by Crippen LogP contribution is -2.04. The Morgan fingerprint density at radius 1 is 1.19 bits per heavy atom. The van der Waals surface area contributed by atoms with Gasteiger partial charge in [0.25, 0.3) is 0 Å². The van der Waals surface area contributed by atoms with Gasteiger partial charge in [0.2, 0.25) is 0 Å². The molecule has 0 fully saturated rings. The van der Waals surface area contributed by atoms with Crippen LogP contribution >= 0.6 is 0 Å². The van der Waals surface area contributed by atoms with Crippen molar-refractivity contribution in [2.24, 2.45) is 5.92 Å². The van der Waals surface area contributed by atoms with Gasteiger partial charge in [0.05, 0.1) is 28.8 Å². The van der Waals surface area contributed by atoms with E-state index < -0.39 is 0 Å². The fourth-order valence-corrected chi connectivity index (χ4v) is 4.31. The van der Waals surface area contributed by atoms with Gasteiger partial charge in [-0.3, -0.25) is 10.1 Å². The van der Waals surface area contributed by atoms with Crippen molar-refractivity contribution in [3.8, 4) is 22.6 Å². The molecule has 180 valence electrons. The highest BCUT2D eigenvalue weighted by atomic mass is 15.1. The Morgan fingerprint density at radius 2 is 2.06 bits per heavy atom. The summed E-state index contributed by atoms with van der Waals surface area (Å²) in [6, 6.07) is 8.18. The quantitative estimate of drug-likeness (QED) is 0.233. The second kappa shape index (κ2) is 9.66. The van der Waals surface area contributed by atoms with Gasteiger partial charge in [-0.05, 0) is 54.7 Å². The lowest BCUT2D eigenvalue weighted by Gasteiger charge is -2.13. The topological polar surface area (TPSA) is 82.3 Å². The van der Waals surface area contributed by atoms with Crippen molar-refractivity contribution in [2.45, 2.75) is 27.2 Å². The van der Waals surface area contributed by atoms with Crippen LogP contribution in [0.3, 0.4) is 0 Å². The molecule has 6 nitrogen and oxygen atoms in total. The first kappa shape index (κ1) is 23.3. The molecule has 5 rings (SSSR count). The van der Waals surface area contributed by atoms with Gasteiger partial charge in [-0.15, -0.1) is 0 Å². The molecule has 0 atom stereocenters. The van der Waals surface area contributed by atoms with E-state index in [2.05, 4.69) is 89.8 Å². The van der Waals surface area contributed by atoms with Gasteiger partial charge in [-0.2, -0.15) is 5.10 Å². The van der Waals surface area contributed by atoms with Crippen LogP contribution in [0.1, 0.15) is 31.5 Å². The molecule has 0 saturated carbocycles. The maximum absolute atomic E-state index is 4.98. The molecule has 4 heterocycles. The lowest BCUT2D eigenvalue weighted by atomic mass is 9.98. The van der Waals surface area contributed by atoms with Crippen LogP contribution < -0.4 is 5.32 Å². The maximum Gasteiger partial charge on any atom is 0.135 e. The SMILES string of the molecule is C=C/C=C(/C1=CCC=C1)c1cc(-c2n[nH]c3ccc(-c4cncc(NC(=C)C(C)C)c4)nc23)[nH]c1C. The zero-order valence-corrected chi connectivity index (χ0v) is 20.9. The van der Waals surface area contributed by atoms with Gasteiger partial charge in [-0.1, -0.05) is 57.4 Å². The predicted octanol–water partition coefficient (Wildman–Crippen LogP) is 7.36. The Hall–Kier alpha value is -4.45. The summed E-state index contributed by atoms with van der Waals surface area (Å²) in [5.41, 5.74) is 11.5. The molecular formula is C30H30N6. The molecule has 4 aromatic heterocycles. The summed E-state index contributed by atoms with van der Waals surface area (Å²) in [5, 5.41) is 11.1. The number of allylic oxidation sites excluding steroid dienone is 8. The molecule has 1 aliphatic rings. The lowest BCUT2D eigenvalue weighted by molar-refractivity contribution is 0.778. The smallest absolute Gasteiger partial charge is 0.135 e. The predicted molar refractivity (Wildman–Crippen MR) is 149 cm³/mol. The first-order chi connectivity index (χ1) is 17.4. The third kappa shape index (κ3) is 4.45. The minimum Gasteiger partial charge on any atom is -0.358 e. The number of nitrogens with zero attached hydrogens (tertiary/aromatic N) is 3. The van der Waals surface area contributed by atoms with Crippen LogP contribution in [0.2, 0.25) is 0 Å². The van der Waals surface area contributed by atoms with Crippen LogP contribution in [-0.4, -0.2) is 25.1 Å². The molecule has 0 aromatic carbocycles. The van der Waals surface area contributed by atoms with Gasteiger partial charge in [-0.25, -0.2) is 4.98 Å². The largest absolute Gasteiger partial charge is 0.358 e. The number of hydrogen-bond acceptors (Lipinski definition) is 4. The first-order valence-electron chi connectivity index (χ1n) is 12.1. The van der Waals surface area contributed by atoms with Crippen LogP contribution in [0.15, 0.2) is 91.5 Å². The van der Waals surface area contributed by atoms with Crippen molar-refractivity contribution in [1.29, 1.82) is 0 Å². The number of nitrogens with one attached hydrogen (secondary N) is 3. The molecule has 0 bridgehead atoms. The average molecular weight is 475 g/mol. The molecule has 0 radical (unpaired) electrons. The molecule has 0 spiro atoms. The van der Waals surface area contributed by atoms with Crippen molar-refractivity contribution in [2.75, 3.05) is 5.32 Å². The first-order valence-corrected chi connectivity index (χ1v) is 12.1. The van der Waals surface area contributed by atoms with Gasteiger partial charge < -0.3 is 10.3 Å². The van der Waals surface area contributed by atoms with Crippen molar-refractivity contribution < 1.29 is 0 Å². The zero-order valence-electron chi connectivity index (χ0n) is 20.9. The van der Waals surface area contributed by atoms with Gasteiger partial charge >= 0.3 is 0 Å². The minimum absolute atomic E-state index is 0.327. The van der Waals surface area contributed by atoms with Crippen LogP contribution in [0.5, 0.6) is 0 Å². The number of anilines is 1. The monoisotopic (exact) mass is 474 g/mol. The van der Waals surface area contributed by atoms with E-state index >= 15 is 0 Å². The van der Waals surface area contributed by atoms with Crippen LogP contribution in [0, 0.1) is 12.8 Å². The molecule has 4 aromatic rings. The average Bonchev–Trinajstić information content (AvgIpc) is 3.62. The molecule has 0 saturated heterocycles. The molecule has 0 aliphatic heterocycles. The molecule has 6 heteroatoms. The highest BCUT2D eigenvalue weighted by molar-refractivity contribution is 5.92. The summed E-state index contributed by atoms with van der Waals surface area (Å²) in [6.07, 6.45) is 15.0. The van der Waals surface area contributed by atoms with Gasteiger partial charge in [0.1, 0.15) is 11.2 Å². The van der Waals surface area contributed by atoms with E-state index in [0.717, 1.165) is 68.3 Å². The summed E-state index contributed by atoms with van der Waals surface area (Å²) >= 11 is 0. The third-order valence-electron chi connectivity index (χ3n) is 6.37. The summed E-state index contributed by atoms with van der Waals surface area (Å²) in [4.78, 5) is 12.9. The highest BCUT2D eigenvalue weighted by Crippen LogP contribution is 2.34. The number of H-pyrrole nitrogens is 2. The number of aryl methyl sites for hydroxylation is 1. The Bertz CT molecular complexity index is 1560. The van der Waals surface area contributed by atoms with E-state index in [0.29, 0.717) is 5.92 Å². The second-order valence-corrected chi connectivity index (χ2v) is 9.27. The van der Waals surface area contributed by atoms with E-state index in [9.17, 15) is 0 Å². The molecule has 36 heavy (non-hydrogen) atoms. The normalized spacial score (nSPS) is 13.4. The standard InChI is InChI=1S/C30H30N6/c1-6-9-24(21-10-7-8-11-21)25-15-28(33-20(25)5)30-29-27(35-36-30)13-12-26(34-29)22-14-23(17-31-16-22)32-19(4)18(2)3/h6-7,9-18,32-33H,1,4,8H2,2-3,5H3,(H,35,36)/b24-9-. The summed E-state index contributed by atoms with van der Waals surface area (Å²) < 4.78 is 0. The summed E-state index contributed by atoms with van der Waals surface area (Å²) in [6.45, 7) is 14.3. The zero-order chi connectivity index (χ0) is 25.2. The second-order valence-electron chi connectivity index (χ2n) is 9.27. The maximum atomic E-state index is 4.98. The van der Waals surface area contributed by atoms with Crippen LogP contribution in [0.25, 0.3) is 39.3 Å². The number of aromatic nitrogens is 5. The molecular weight excluding hydrogens is 444 g/mol. The van der Waals surface area contributed by atoms with E-state index in [-0.39, 0.29) is 0 Å². The van der Waals surface area contributed by atoms with Gasteiger partial charge in [0, 0.05) is 28.7 Å². The van der Waals surface area contributed by atoms with Crippen LogP contribution in [-0.2, 0) is 0 Å². The fraction of sp³-hybridized carbons (Fsp3) is 0.167. The number of pyridine rings is 2. The Kier molecular flexibility index (Phi) is 6.25. The van der Waals surface area contributed by atoms with Crippen LogP contribution in [0.4, 0.5) is 5.69 Å². The van der Waals surface area contributed by atoms with E-state index in [1.165, 1.54) is 5.57 Å². The number of fused-ring (bicyclic) bond motifs is 1. The number of aromatic amines is 2. The summed E-state index contributed by atoms with van der Waals surface area (Å²) in [5.74, 6) is 0.327. The fourth-order valence-electron chi connectivity index (χ4n) is 4.31. The third-order valence-corrected chi connectivity index (χ3v) is 6.37. The van der Waals surface area contributed by atoms with E-state index in [1.807, 2.05) is 30.5 Å². The highest BCUT2D eigenvalue weighted by Gasteiger charge is 2.18. The Balaban J connectivity index is 1.53. The molecule has 0 unspecified atom stereocenters. The number of rotatable bonds is 8. The van der Waals surface area contributed by atoms with E-state index in [4.69, 9.17) is 4.98 Å². The molecule has 3 N–H and O–H groups in total. The molecule has 1 aliphatic carbocycles. The van der Waals surface area contributed by atoms with E-state index in [1.54, 1.807) is 6.20 Å². The van der Waals surface area contributed by atoms with Gasteiger partial charge in [0.15, 0.2) is 0 Å². The number of hydrogen-bond donors (Lipinski definition) is 3. The van der Waals surface area contributed by atoms with Crippen molar-refractivity contribution in [3.05, 3.63) is 103 Å². The Morgan fingerprint density at radius 3 is 2.81 bits per heavy atom. The van der Waals surface area contributed by atoms with Crippen molar-refractivity contribution in [1.82, 2.24) is 25.1 Å². The minimum atomic E-state index is 0.327. The van der Waals surface area contributed by atoms with Crippen molar-refractivity contribution in [3.63, 3.8) is 0 Å². The molecule has 0 amide bonds.